The third-order valence-electron chi connectivity index (χ3n) is 3.23. The van der Waals surface area contributed by atoms with Crippen molar-refractivity contribution < 1.29 is 4.52 Å². The van der Waals surface area contributed by atoms with Gasteiger partial charge in [-0.1, -0.05) is 50.9 Å². The Balaban J connectivity index is 2.17. The minimum Gasteiger partial charge on any atom is -0.334 e. The highest BCUT2D eigenvalue weighted by molar-refractivity contribution is 9.11. The maximum Gasteiger partial charge on any atom is 0.258 e. The van der Waals surface area contributed by atoms with Crippen LogP contribution in [0.15, 0.2) is 31.7 Å². The summed E-state index contributed by atoms with van der Waals surface area (Å²) < 4.78 is 7.22. The first-order valence-corrected chi connectivity index (χ1v) is 8.40. The molecule has 0 amide bonds. The Bertz CT molecular complexity index is 578. The van der Waals surface area contributed by atoms with Gasteiger partial charge in [0.25, 0.3) is 5.89 Å². The maximum atomic E-state index is 6.15. The lowest BCUT2D eigenvalue weighted by Gasteiger charge is -2.20. The minimum atomic E-state index is -0.252. The molecule has 0 aliphatic heterocycles. The molecule has 0 radical (unpaired) electrons. The van der Waals surface area contributed by atoms with E-state index in [1.54, 1.807) is 0 Å². The molecular weight excluding hydrogens is 400 g/mol. The molecule has 0 saturated carbocycles. The van der Waals surface area contributed by atoms with Crippen molar-refractivity contribution in [3.63, 3.8) is 0 Å². The number of aromatic nitrogens is 2. The van der Waals surface area contributed by atoms with E-state index in [0.29, 0.717) is 18.3 Å². The molecule has 7 heteroatoms. The molecule has 114 valence electrons. The molecular formula is C14H18Br2N4O. The molecule has 1 heterocycles. The normalized spacial score (nSPS) is 12.9. The molecule has 0 spiro atoms. The van der Waals surface area contributed by atoms with Crippen LogP contribution in [0.1, 0.15) is 25.7 Å². The van der Waals surface area contributed by atoms with Crippen molar-refractivity contribution in [3.05, 3.63) is 33.0 Å². The zero-order valence-corrected chi connectivity index (χ0v) is 15.2. The van der Waals surface area contributed by atoms with E-state index in [0.717, 1.165) is 27.6 Å². The Morgan fingerprint density at radius 1 is 1.19 bits per heavy atom. The van der Waals surface area contributed by atoms with E-state index in [4.69, 9.17) is 10.3 Å². The van der Waals surface area contributed by atoms with Crippen LogP contribution >= 0.6 is 31.9 Å². The summed E-state index contributed by atoms with van der Waals surface area (Å²) in [5.74, 6) is 1.01. The van der Waals surface area contributed by atoms with Crippen LogP contribution < -0.4 is 5.73 Å². The van der Waals surface area contributed by atoms with Crippen molar-refractivity contribution in [2.75, 3.05) is 19.6 Å². The molecule has 0 saturated heterocycles. The zero-order valence-electron chi connectivity index (χ0n) is 12.0. The topological polar surface area (TPSA) is 68.2 Å². The van der Waals surface area contributed by atoms with Crippen LogP contribution in [0.25, 0.3) is 11.5 Å². The van der Waals surface area contributed by atoms with Crippen LogP contribution in [0.2, 0.25) is 0 Å². The number of halogens is 2. The van der Waals surface area contributed by atoms with E-state index >= 15 is 0 Å². The van der Waals surface area contributed by atoms with Crippen LogP contribution in [-0.2, 0) is 0 Å². The molecule has 0 bridgehead atoms. The standard InChI is InChI=1S/C14H18Br2N4O/c1-3-20(4-2)8-12(17)13-18-14(21-19-13)9-5-10(15)7-11(16)6-9/h5-7,12H,3-4,8,17H2,1-2H3. The van der Waals surface area contributed by atoms with Gasteiger partial charge in [0.05, 0.1) is 6.04 Å². The number of hydrogen-bond acceptors (Lipinski definition) is 5. The maximum absolute atomic E-state index is 6.15. The number of nitrogens with two attached hydrogens (primary N) is 1. The van der Waals surface area contributed by atoms with Gasteiger partial charge in [-0.05, 0) is 31.3 Å². The second kappa shape index (κ2) is 7.49. The average Bonchev–Trinajstić information content (AvgIpc) is 2.93. The first kappa shape index (κ1) is 16.6. The summed E-state index contributed by atoms with van der Waals surface area (Å²) in [6.07, 6.45) is 0. The highest BCUT2D eigenvalue weighted by Crippen LogP contribution is 2.27. The second-order valence-corrected chi connectivity index (χ2v) is 6.54. The third-order valence-corrected chi connectivity index (χ3v) is 4.15. The van der Waals surface area contributed by atoms with E-state index in [1.807, 2.05) is 18.2 Å². The first-order valence-electron chi connectivity index (χ1n) is 6.81. The highest BCUT2D eigenvalue weighted by atomic mass is 79.9. The Hall–Kier alpha value is -0.760. The average molecular weight is 418 g/mol. The summed E-state index contributed by atoms with van der Waals surface area (Å²) in [7, 11) is 0. The van der Waals surface area contributed by atoms with E-state index in [-0.39, 0.29) is 6.04 Å². The van der Waals surface area contributed by atoms with Gasteiger partial charge in [-0.2, -0.15) is 4.98 Å². The van der Waals surface area contributed by atoms with E-state index < -0.39 is 0 Å². The van der Waals surface area contributed by atoms with Crippen LogP contribution in [0, 0.1) is 0 Å². The zero-order chi connectivity index (χ0) is 15.4. The summed E-state index contributed by atoms with van der Waals surface area (Å²) in [5, 5.41) is 4.01. The predicted molar refractivity (Wildman–Crippen MR) is 89.9 cm³/mol. The lowest BCUT2D eigenvalue weighted by Crippen LogP contribution is -2.32. The van der Waals surface area contributed by atoms with Gasteiger partial charge in [-0.25, -0.2) is 0 Å². The predicted octanol–water partition coefficient (Wildman–Crippen LogP) is 3.60. The molecule has 2 aromatic rings. The summed E-state index contributed by atoms with van der Waals surface area (Å²) in [4.78, 5) is 6.65. The fourth-order valence-corrected chi connectivity index (χ4v) is 3.32. The van der Waals surface area contributed by atoms with Crippen molar-refractivity contribution >= 4 is 31.9 Å². The van der Waals surface area contributed by atoms with E-state index in [2.05, 4.69) is 60.7 Å². The Morgan fingerprint density at radius 3 is 2.38 bits per heavy atom. The number of likely N-dealkylation sites (N-methyl/N-ethyl adjacent to an activating group) is 1. The summed E-state index contributed by atoms with van der Waals surface area (Å²) in [6, 6.07) is 5.56. The van der Waals surface area contributed by atoms with Crippen LogP contribution in [0.3, 0.4) is 0 Å². The van der Waals surface area contributed by atoms with Crippen molar-refractivity contribution in [1.29, 1.82) is 0 Å². The fraction of sp³-hybridized carbons (Fsp3) is 0.429. The molecule has 2 N–H and O–H groups in total. The van der Waals surface area contributed by atoms with Gasteiger partial charge < -0.3 is 15.2 Å². The molecule has 0 fully saturated rings. The minimum absolute atomic E-state index is 0.252. The molecule has 0 aliphatic rings. The molecule has 0 aliphatic carbocycles. The lowest BCUT2D eigenvalue weighted by atomic mass is 10.2. The van der Waals surface area contributed by atoms with Gasteiger partial charge in [0.2, 0.25) is 0 Å². The number of nitrogens with zero attached hydrogens (tertiary/aromatic N) is 3. The molecule has 2 rings (SSSR count). The van der Waals surface area contributed by atoms with Crippen LogP contribution in [-0.4, -0.2) is 34.7 Å². The number of rotatable bonds is 6. The molecule has 1 aromatic carbocycles. The lowest BCUT2D eigenvalue weighted by molar-refractivity contribution is 0.278. The molecule has 1 atom stereocenters. The quantitative estimate of drug-likeness (QED) is 0.777. The molecule has 1 aromatic heterocycles. The first-order chi connectivity index (χ1) is 10.0. The van der Waals surface area contributed by atoms with Gasteiger partial charge >= 0.3 is 0 Å². The third kappa shape index (κ3) is 4.35. The SMILES string of the molecule is CCN(CC)CC(N)c1noc(-c2cc(Br)cc(Br)c2)n1. The Morgan fingerprint density at radius 2 is 1.81 bits per heavy atom. The van der Waals surface area contributed by atoms with Crippen molar-refractivity contribution in [2.24, 2.45) is 5.73 Å². The number of benzene rings is 1. The summed E-state index contributed by atoms with van der Waals surface area (Å²) >= 11 is 6.89. The van der Waals surface area contributed by atoms with E-state index in [9.17, 15) is 0 Å². The van der Waals surface area contributed by atoms with Crippen molar-refractivity contribution in [3.8, 4) is 11.5 Å². The van der Waals surface area contributed by atoms with Crippen LogP contribution in [0.4, 0.5) is 0 Å². The fourth-order valence-electron chi connectivity index (χ4n) is 2.02. The van der Waals surface area contributed by atoms with Gasteiger partial charge in [-0.3, -0.25) is 0 Å². The van der Waals surface area contributed by atoms with E-state index in [1.165, 1.54) is 0 Å². The van der Waals surface area contributed by atoms with Crippen LogP contribution in [0.5, 0.6) is 0 Å². The Kier molecular flexibility index (Phi) is 5.92. The largest absolute Gasteiger partial charge is 0.334 e. The molecule has 1 unspecified atom stereocenters. The molecule has 5 nitrogen and oxygen atoms in total. The van der Waals surface area contributed by atoms with Gasteiger partial charge in [0.1, 0.15) is 0 Å². The smallest absolute Gasteiger partial charge is 0.258 e. The monoisotopic (exact) mass is 416 g/mol. The summed E-state index contributed by atoms with van der Waals surface area (Å²) in [5.41, 5.74) is 7.00. The summed E-state index contributed by atoms with van der Waals surface area (Å²) in [6.45, 7) is 6.84. The van der Waals surface area contributed by atoms with Gasteiger partial charge in [0, 0.05) is 21.1 Å². The highest BCUT2D eigenvalue weighted by Gasteiger charge is 2.17. The Labute approximate surface area is 141 Å². The van der Waals surface area contributed by atoms with Gasteiger partial charge in [-0.15, -0.1) is 0 Å². The van der Waals surface area contributed by atoms with Crippen molar-refractivity contribution in [1.82, 2.24) is 15.0 Å². The molecule has 21 heavy (non-hydrogen) atoms. The van der Waals surface area contributed by atoms with Gasteiger partial charge in [0.15, 0.2) is 5.82 Å². The van der Waals surface area contributed by atoms with Crippen molar-refractivity contribution in [2.45, 2.75) is 19.9 Å². The number of hydrogen-bond donors (Lipinski definition) is 1. The second-order valence-electron chi connectivity index (χ2n) is 4.71.